The molecule has 0 saturated heterocycles. The number of allylic oxidation sites excluding steroid dienone is 2. The Bertz CT molecular complexity index is 1480. The number of amides is 3. The van der Waals surface area contributed by atoms with Crippen molar-refractivity contribution in [3.8, 4) is 12.8 Å². The van der Waals surface area contributed by atoms with E-state index in [4.69, 9.17) is 0 Å². The molecule has 0 fully saturated rings. The van der Waals surface area contributed by atoms with E-state index in [9.17, 15) is 24.3 Å². The molecule has 8 nitrogen and oxygen atoms in total. The van der Waals surface area contributed by atoms with Crippen LogP contribution in [-0.2, 0) is 16.1 Å². The van der Waals surface area contributed by atoms with Crippen LogP contribution in [0, 0.1) is 19.8 Å². The summed E-state index contributed by atoms with van der Waals surface area (Å²) in [6, 6.07) is 17.0. The van der Waals surface area contributed by atoms with Crippen LogP contribution in [0.3, 0.4) is 0 Å². The molecule has 1 atom stereocenters. The Morgan fingerprint density at radius 1 is 0.950 bits per heavy atom. The van der Waals surface area contributed by atoms with E-state index in [1.54, 1.807) is 13.0 Å². The number of benzene rings is 3. The molecule has 8 heteroatoms. The highest BCUT2D eigenvalue weighted by Crippen LogP contribution is 2.18. The van der Waals surface area contributed by atoms with Gasteiger partial charge >= 0.3 is 5.97 Å². The molecule has 3 amide bonds. The van der Waals surface area contributed by atoms with Gasteiger partial charge in [0.05, 0.1) is 0 Å². The molecule has 0 unspecified atom stereocenters. The summed E-state index contributed by atoms with van der Waals surface area (Å²) in [5, 5.41) is 19.4. The van der Waals surface area contributed by atoms with Crippen molar-refractivity contribution < 1.29 is 24.3 Å². The SMILES string of the molecule is C#C.C=C/C=C(\C=C)C(=O)NC[C@H](NC(=O)c1ccc(C(=O)NCc2cccc3ccccc23)cc1C)C(=O)O. The minimum Gasteiger partial charge on any atom is -0.480 e. The lowest BCUT2D eigenvalue weighted by molar-refractivity contribution is -0.139. The first-order valence-electron chi connectivity index (χ1n) is 12.2. The molecular weight excluding hydrogens is 506 g/mol. The van der Waals surface area contributed by atoms with Crippen LogP contribution in [0.25, 0.3) is 10.8 Å². The maximum atomic E-state index is 12.8. The zero-order valence-electron chi connectivity index (χ0n) is 22.1. The molecule has 204 valence electrons. The van der Waals surface area contributed by atoms with Crippen LogP contribution in [0.2, 0.25) is 0 Å². The Hall–Kier alpha value is -5.42. The number of carbonyl (C=O) groups is 4. The van der Waals surface area contributed by atoms with Gasteiger partial charge in [-0.05, 0) is 47.0 Å². The Morgan fingerprint density at radius 2 is 1.65 bits per heavy atom. The normalized spacial score (nSPS) is 11.2. The Labute approximate surface area is 233 Å². The second kappa shape index (κ2) is 15.1. The third-order valence-corrected chi connectivity index (χ3v) is 5.90. The molecule has 0 spiro atoms. The van der Waals surface area contributed by atoms with Crippen molar-refractivity contribution in [2.24, 2.45) is 0 Å². The zero-order valence-corrected chi connectivity index (χ0v) is 22.1. The van der Waals surface area contributed by atoms with Gasteiger partial charge in [0.1, 0.15) is 6.04 Å². The van der Waals surface area contributed by atoms with E-state index in [0.29, 0.717) is 17.7 Å². The van der Waals surface area contributed by atoms with Gasteiger partial charge in [-0.15, -0.1) is 12.8 Å². The number of carboxylic acid groups (broad SMARTS) is 1. The fourth-order valence-electron chi connectivity index (χ4n) is 3.88. The Morgan fingerprint density at radius 3 is 2.30 bits per heavy atom. The second-order valence-electron chi connectivity index (χ2n) is 8.49. The van der Waals surface area contributed by atoms with E-state index < -0.39 is 23.8 Å². The molecule has 0 aromatic heterocycles. The van der Waals surface area contributed by atoms with Crippen molar-refractivity contribution >= 4 is 34.5 Å². The first-order valence-corrected chi connectivity index (χ1v) is 12.2. The summed E-state index contributed by atoms with van der Waals surface area (Å²) in [5.74, 6) is -2.80. The number of aryl methyl sites for hydroxylation is 1. The smallest absolute Gasteiger partial charge is 0.328 e. The van der Waals surface area contributed by atoms with Gasteiger partial charge in [0, 0.05) is 29.8 Å². The summed E-state index contributed by atoms with van der Waals surface area (Å²) in [4.78, 5) is 49.4. The van der Waals surface area contributed by atoms with E-state index in [1.807, 2.05) is 42.5 Å². The third kappa shape index (κ3) is 8.04. The quantitative estimate of drug-likeness (QED) is 0.168. The zero-order chi connectivity index (χ0) is 29.7. The monoisotopic (exact) mass is 537 g/mol. The molecule has 3 aromatic carbocycles. The highest BCUT2D eigenvalue weighted by Gasteiger charge is 2.23. The van der Waals surface area contributed by atoms with Crippen LogP contribution in [0.4, 0.5) is 0 Å². The van der Waals surface area contributed by atoms with Gasteiger partial charge in [-0.3, -0.25) is 14.4 Å². The predicted octanol–water partition coefficient (Wildman–Crippen LogP) is 3.93. The molecule has 0 bridgehead atoms. The molecule has 3 rings (SSSR count). The minimum atomic E-state index is -1.37. The van der Waals surface area contributed by atoms with E-state index in [2.05, 4.69) is 42.0 Å². The molecule has 0 heterocycles. The standard InChI is InChI=1S/C30H29N3O5.C2H2/c1-4-9-20(5-2)27(34)32-18-26(30(37)38)33-29(36)24-15-14-22(16-19(24)3)28(35)31-17-23-12-8-11-21-10-6-7-13-25(21)23;1-2/h4-16,26H,1-2,17-18H2,3H3,(H,31,35)(H,32,34)(H,33,36)(H,37,38);1-2H/b20-9+;/t26-;/m0./s1. The Balaban J connectivity index is 0.00000274. The number of rotatable bonds is 11. The summed E-state index contributed by atoms with van der Waals surface area (Å²) < 4.78 is 0. The fourth-order valence-corrected chi connectivity index (χ4v) is 3.88. The van der Waals surface area contributed by atoms with Gasteiger partial charge in [-0.25, -0.2) is 4.79 Å². The Kier molecular flexibility index (Phi) is 11.6. The molecule has 0 saturated carbocycles. The van der Waals surface area contributed by atoms with Gasteiger partial charge in [-0.1, -0.05) is 73.9 Å². The maximum absolute atomic E-state index is 12.8. The van der Waals surface area contributed by atoms with Gasteiger partial charge in [0.15, 0.2) is 0 Å². The van der Waals surface area contributed by atoms with Crippen LogP contribution < -0.4 is 16.0 Å². The fraction of sp³-hybridized carbons (Fsp3) is 0.125. The van der Waals surface area contributed by atoms with Gasteiger partial charge in [-0.2, -0.15) is 0 Å². The number of carbonyl (C=O) groups excluding carboxylic acids is 3. The number of terminal acetylenes is 1. The molecule has 0 radical (unpaired) electrons. The number of aliphatic carboxylic acids is 1. The minimum absolute atomic E-state index is 0.209. The van der Waals surface area contributed by atoms with Gasteiger partial charge in [0.2, 0.25) is 0 Å². The van der Waals surface area contributed by atoms with Crippen molar-refractivity contribution in [1.29, 1.82) is 0 Å². The lowest BCUT2D eigenvalue weighted by atomic mass is 10.0. The predicted molar refractivity (Wildman–Crippen MR) is 157 cm³/mol. The van der Waals surface area contributed by atoms with E-state index in [-0.39, 0.29) is 23.6 Å². The number of carboxylic acids is 1. The van der Waals surface area contributed by atoms with E-state index >= 15 is 0 Å². The highest BCUT2D eigenvalue weighted by molar-refractivity contribution is 6.01. The second-order valence-corrected chi connectivity index (χ2v) is 8.49. The van der Waals surface area contributed by atoms with Gasteiger partial charge < -0.3 is 21.1 Å². The summed E-state index contributed by atoms with van der Waals surface area (Å²) in [5.41, 5.74) is 2.27. The summed E-state index contributed by atoms with van der Waals surface area (Å²) in [6.07, 6.45) is 12.2. The van der Waals surface area contributed by atoms with Crippen LogP contribution in [0.5, 0.6) is 0 Å². The number of nitrogens with one attached hydrogen (secondary N) is 3. The van der Waals surface area contributed by atoms with Crippen LogP contribution >= 0.6 is 0 Å². The lowest BCUT2D eigenvalue weighted by Gasteiger charge is -2.17. The topological polar surface area (TPSA) is 125 Å². The summed E-state index contributed by atoms with van der Waals surface area (Å²) in [6.45, 7) is 8.69. The molecule has 0 aliphatic rings. The van der Waals surface area contributed by atoms with Gasteiger partial charge in [0.25, 0.3) is 17.7 Å². The first-order chi connectivity index (χ1) is 19.2. The number of fused-ring (bicyclic) bond motifs is 1. The van der Waals surface area contributed by atoms with Crippen molar-refractivity contribution in [2.45, 2.75) is 19.5 Å². The van der Waals surface area contributed by atoms with Crippen molar-refractivity contribution in [1.82, 2.24) is 16.0 Å². The molecular formula is C32H31N3O5. The van der Waals surface area contributed by atoms with Crippen LogP contribution in [-0.4, -0.2) is 41.4 Å². The number of hydrogen-bond donors (Lipinski definition) is 4. The molecule has 4 N–H and O–H groups in total. The first kappa shape index (κ1) is 30.8. The third-order valence-electron chi connectivity index (χ3n) is 5.90. The molecule has 40 heavy (non-hydrogen) atoms. The van der Waals surface area contributed by atoms with E-state index in [0.717, 1.165) is 16.3 Å². The average Bonchev–Trinajstić information content (AvgIpc) is 2.97. The maximum Gasteiger partial charge on any atom is 0.328 e. The van der Waals surface area contributed by atoms with Crippen molar-refractivity contribution in [3.05, 3.63) is 120 Å². The number of hydrogen-bond acceptors (Lipinski definition) is 4. The summed E-state index contributed by atoms with van der Waals surface area (Å²) in [7, 11) is 0. The molecule has 0 aliphatic heterocycles. The van der Waals surface area contributed by atoms with Crippen LogP contribution in [0.1, 0.15) is 31.8 Å². The largest absolute Gasteiger partial charge is 0.480 e. The van der Waals surface area contributed by atoms with Crippen molar-refractivity contribution in [2.75, 3.05) is 6.54 Å². The molecule has 3 aromatic rings. The van der Waals surface area contributed by atoms with Crippen molar-refractivity contribution in [3.63, 3.8) is 0 Å². The highest BCUT2D eigenvalue weighted by atomic mass is 16.4. The molecule has 0 aliphatic carbocycles. The average molecular weight is 538 g/mol. The van der Waals surface area contributed by atoms with E-state index in [1.165, 1.54) is 30.4 Å². The van der Waals surface area contributed by atoms with Crippen LogP contribution in [0.15, 0.2) is 97.6 Å². The lowest BCUT2D eigenvalue weighted by Crippen LogP contribution is -2.48. The summed E-state index contributed by atoms with van der Waals surface area (Å²) >= 11 is 0.